The molecule has 1 aromatic carbocycles. The van der Waals surface area contributed by atoms with Gasteiger partial charge in [0.2, 0.25) is 0 Å². The maximum Gasteiger partial charge on any atom is 0.310 e. The molecule has 1 aromatic rings. The Morgan fingerprint density at radius 3 is 2.61 bits per heavy atom. The Balaban J connectivity index is 3.08. The Kier molecular flexibility index (Phi) is 5.19. The highest BCUT2D eigenvalue weighted by atomic mass is 16.5. The first-order valence-corrected chi connectivity index (χ1v) is 5.91. The third-order valence-electron chi connectivity index (χ3n) is 2.62. The zero-order valence-electron chi connectivity index (χ0n) is 10.9. The van der Waals surface area contributed by atoms with Gasteiger partial charge in [-0.25, -0.2) is 0 Å². The van der Waals surface area contributed by atoms with Crippen molar-refractivity contribution in [2.75, 3.05) is 13.7 Å². The van der Waals surface area contributed by atoms with Crippen LogP contribution in [0, 0.1) is 11.3 Å². The van der Waals surface area contributed by atoms with Gasteiger partial charge in [-0.2, -0.15) is 5.26 Å². The normalized spacial score (nSPS) is 9.67. The molecule has 0 heterocycles. The Hall–Kier alpha value is -2.02. The average molecular weight is 247 g/mol. The fraction of sp³-hybridized carbons (Fsp3) is 0.429. The van der Waals surface area contributed by atoms with E-state index in [4.69, 9.17) is 14.7 Å². The molecular formula is C14H17NO3. The van der Waals surface area contributed by atoms with Gasteiger partial charge in [0, 0.05) is 5.56 Å². The van der Waals surface area contributed by atoms with Gasteiger partial charge in [-0.3, -0.25) is 4.79 Å². The zero-order chi connectivity index (χ0) is 13.5. The van der Waals surface area contributed by atoms with Crippen molar-refractivity contribution in [1.82, 2.24) is 0 Å². The van der Waals surface area contributed by atoms with Crippen molar-refractivity contribution in [2.45, 2.75) is 26.7 Å². The van der Waals surface area contributed by atoms with E-state index in [2.05, 4.69) is 6.07 Å². The largest absolute Gasteiger partial charge is 0.496 e. The number of nitrogens with zero attached hydrogens (tertiary/aromatic N) is 1. The Morgan fingerprint density at radius 2 is 2.11 bits per heavy atom. The molecule has 0 atom stereocenters. The number of benzene rings is 1. The van der Waals surface area contributed by atoms with E-state index in [9.17, 15) is 4.79 Å². The summed E-state index contributed by atoms with van der Waals surface area (Å²) in [6.07, 6.45) is 0.870. The second-order valence-electron chi connectivity index (χ2n) is 3.77. The molecule has 0 aliphatic carbocycles. The van der Waals surface area contributed by atoms with Crippen molar-refractivity contribution < 1.29 is 14.3 Å². The lowest BCUT2D eigenvalue weighted by Gasteiger charge is -2.11. The first kappa shape index (κ1) is 14.0. The number of carbonyl (C=O) groups excluding carboxylic acids is 1. The molecule has 0 aromatic heterocycles. The summed E-state index contributed by atoms with van der Waals surface area (Å²) in [6, 6.07) is 5.64. The minimum atomic E-state index is -0.298. The van der Waals surface area contributed by atoms with E-state index in [0.717, 1.165) is 11.1 Å². The number of rotatable bonds is 5. The summed E-state index contributed by atoms with van der Waals surface area (Å²) in [7, 11) is 1.56. The van der Waals surface area contributed by atoms with Crippen LogP contribution < -0.4 is 4.74 Å². The number of hydrogen-bond donors (Lipinski definition) is 0. The number of ether oxygens (including phenoxy) is 2. The maximum atomic E-state index is 11.4. The van der Waals surface area contributed by atoms with Crippen LogP contribution in [0.3, 0.4) is 0 Å². The van der Waals surface area contributed by atoms with Crippen LogP contribution in [0.2, 0.25) is 0 Å². The molecule has 0 aliphatic heterocycles. The van der Waals surface area contributed by atoms with E-state index in [1.807, 2.05) is 6.92 Å². The number of carbonyl (C=O) groups is 1. The lowest BCUT2D eigenvalue weighted by molar-refractivity contribution is -0.142. The van der Waals surface area contributed by atoms with Gasteiger partial charge in [-0.05, 0) is 31.0 Å². The zero-order valence-corrected chi connectivity index (χ0v) is 10.9. The standard InChI is InChI=1S/C14H17NO3/c1-4-12-11(9-15)6-10(7-13(12)17-3)8-14(16)18-5-2/h6-7H,4-5,8H2,1-3H3. The van der Waals surface area contributed by atoms with Gasteiger partial charge in [0.25, 0.3) is 0 Å². The summed E-state index contributed by atoms with van der Waals surface area (Å²) in [5, 5.41) is 9.11. The monoisotopic (exact) mass is 247 g/mol. The van der Waals surface area contributed by atoms with Crippen LogP contribution in [0.25, 0.3) is 0 Å². The fourth-order valence-electron chi connectivity index (χ4n) is 1.83. The first-order chi connectivity index (χ1) is 8.65. The predicted molar refractivity (Wildman–Crippen MR) is 67.4 cm³/mol. The lowest BCUT2D eigenvalue weighted by atomic mass is 10.00. The molecule has 0 bridgehead atoms. The molecule has 1 rings (SSSR count). The highest BCUT2D eigenvalue weighted by molar-refractivity contribution is 5.73. The first-order valence-electron chi connectivity index (χ1n) is 5.91. The maximum absolute atomic E-state index is 11.4. The van der Waals surface area contributed by atoms with Crippen molar-refractivity contribution in [2.24, 2.45) is 0 Å². The number of methoxy groups -OCH3 is 1. The molecule has 4 heteroatoms. The van der Waals surface area contributed by atoms with Gasteiger partial charge in [-0.1, -0.05) is 6.92 Å². The molecule has 0 aliphatic rings. The number of nitriles is 1. The van der Waals surface area contributed by atoms with Crippen molar-refractivity contribution in [3.8, 4) is 11.8 Å². The van der Waals surface area contributed by atoms with Crippen LogP contribution >= 0.6 is 0 Å². The fourth-order valence-corrected chi connectivity index (χ4v) is 1.83. The lowest BCUT2D eigenvalue weighted by Crippen LogP contribution is -2.08. The van der Waals surface area contributed by atoms with E-state index in [1.54, 1.807) is 26.2 Å². The van der Waals surface area contributed by atoms with Crippen LogP contribution in [0.15, 0.2) is 12.1 Å². The van der Waals surface area contributed by atoms with E-state index in [-0.39, 0.29) is 12.4 Å². The summed E-state index contributed by atoms with van der Waals surface area (Å²) in [4.78, 5) is 11.4. The van der Waals surface area contributed by atoms with Gasteiger partial charge in [0.05, 0.1) is 31.8 Å². The van der Waals surface area contributed by atoms with E-state index in [1.165, 1.54) is 0 Å². The van der Waals surface area contributed by atoms with Crippen LogP contribution in [-0.2, 0) is 22.4 Å². The number of hydrogen-bond acceptors (Lipinski definition) is 4. The highest BCUT2D eigenvalue weighted by Gasteiger charge is 2.12. The average Bonchev–Trinajstić information content (AvgIpc) is 2.37. The molecule has 0 saturated carbocycles. The van der Waals surface area contributed by atoms with E-state index >= 15 is 0 Å². The van der Waals surface area contributed by atoms with E-state index in [0.29, 0.717) is 24.3 Å². The van der Waals surface area contributed by atoms with Gasteiger partial charge < -0.3 is 9.47 Å². The Labute approximate surface area is 107 Å². The molecule has 0 fully saturated rings. The van der Waals surface area contributed by atoms with Gasteiger partial charge in [0.15, 0.2) is 0 Å². The predicted octanol–water partition coefficient (Wildman–Crippen LogP) is 2.23. The summed E-state index contributed by atoms with van der Waals surface area (Å²) >= 11 is 0. The van der Waals surface area contributed by atoms with Gasteiger partial charge >= 0.3 is 5.97 Å². The van der Waals surface area contributed by atoms with Crippen molar-refractivity contribution >= 4 is 5.97 Å². The minimum Gasteiger partial charge on any atom is -0.496 e. The Morgan fingerprint density at radius 1 is 1.39 bits per heavy atom. The highest BCUT2D eigenvalue weighted by Crippen LogP contribution is 2.25. The van der Waals surface area contributed by atoms with Crippen molar-refractivity contribution in [3.63, 3.8) is 0 Å². The third kappa shape index (κ3) is 3.24. The summed E-state index contributed by atoms with van der Waals surface area (Å²) in [5.41, 5.74) is 2.16. The van der Waals surface area contributed by atoms with Crippen molar-refractivity contribution in [1.29, 1.82) is 5.26 Å². The molecule has 0 unspecified atom stereocenters. The van der Waals surface area contributed by atoms with Crippen LogP contribution in [0.4, 0.5) is 0 Å². The van der Waals surface area contributed by atoms with Crippen LogP contribution in [0.5, 0.6) is 5.75 Å². The molecule has 0 N–H and O–H groups in total. The molecular weight excluding hydrogens is 230 g/mol. The second kappa shape index (κ2) is 6.65. The summed E-state index contributed by atoms with van der Waals surface area (Å²) in [6.45, 7) is 4.08. The van der Waals surface area contributed by atoms with Gasteiger partial charge in [-0.15, -0.1) is 0 Å². The number of esters is 1. The van der Waals surface area contributed by atoms with Crippen molar-refractivity contribution in [3.05, 3.63) is 28.8 Å². The molecule has 18 heavy (non-hydrogen) atoms. The molecule has 0 radical (unpaired) electrons. The third-order valence-corrected chi connectivity index (χ3v) is 2.62. The summed E-state index contributed by atoms with van der Waals surface area (Å²) in [5.74, 6) is 0.350. The molecule has 4 nitrogen and oxygen atoms in total. The SMILES string of the molecule is CCOC(=O)Cc1cc(C#N)c(CC)c(OC)c1. The molecule has 0 amide bonds. The molecule has 0 spiro atoms. The topological polar surface area (TPSA) is 59.3 Å². The second-order valence-corrected chi connectivity index (χ2v) is 3.77. The van der Waals surface area contributed by atoms with E-state index < -0.39 is 0 Å². The Bertz CT molecular complexity index is 475. The summed E-state index contributed by atoms with van der Waals surface area (Å²) < 4.78 is 10.1. The smallest absolute Gasteiger partial charge is 0.310 e. The van der Waals surface area contributed by atoms with Crippen LogP contribution in [0.1, 0.15) is 30.5 Å². The molecule has 0 saturated heterocycles. The minimum absolute atomic E-state index is 0.156. The quantitative estimate of drug-likeness (QED) is 0.749. The van der Waals surface area contributed by atoms with Crippen LogP contribution in [-0.4, -0.2) is 19.7 Å². The molecule has 96 valence electrons. The van der Waals surface area contributed by atoms with Gasteiger partial charge in [0.1, 0.15) is 5.75 Å².